The zero-order chi connectivity index (χ0) is 18.3. The van der Waals surface area contributed by atoms with Crippen LogP contribution in [0.4, 0.5) is 5.69 Å². The van der Waals surface area contributed by atoms with Crippen LogP contribution in [-0.4, -0.2) is 40.8 Å². The molecule has 2 aromatic carbocycles. The summed E-state index contributed by atoms with van der Waals surface area (Å²) in [6.45, 7) is 0.166. The summed E-state index contributed by atoms with van der Waals surface area (Å²) in [5.41, 5.74) is 1.50. The summed E-state index contributed by atoms with van der Waals surface area (Å²) >= 11 is 0. The van der Waals surface area contributed by atoms with Gasteiger partial charge in [0.2, 0.25) is 15.9 Å². The molecule has 0 bridgehead atoms. The smallest absolute Gasteiger partial charge is 0.240 e. The molecule has 0 spiro atoms. The van der Waals surface area contributed by atoms with Crippen molar-refractivity contribution in [1.29, 1.82) is 0 Å². The number of para-hydroxylation sites is 1. The fraction of sp³-hybridized carbons (Fsp3) is 0.278. The standard InChI is InChI=1S/C18H22N2O4S/c1-24-17-10-6-7-15(13-17)11-12-19-18(21)14-20(25(2,22)23)16-8-4-3-5-9-16/h3-10,13H,11-12,14H2,1-2H3,(H,19,21). The van der Waals surface area contributed by atoms with E-state index in [-0.39, 0.29) is 12.5 Å². The number of nitrogens with zero attached hydrogens (tertiary/aromatic N) is 1. The zero-order valence-corrected chi connectivity index (χ0v) is 15.1. The maximum absolute atomic E-state index is 12.1. The van der Waals surface area contributed by atoms with Crippen molar-refractivity contribution in [3.63, 3.8) is 0 Å². The molecule has 0 aliphatic carbocycles. The first-order valence-corrected chi connectivity index (χ1v) is 9.67. The van der Waals surface area contributed by atoms with Crippen LogP contribution in [0, 0.1) is 0 Å². The Bertz CT molecular complexity index is 807. The molecule has 0 saturated heterocycles. The van der Waals surface area contributed by atoms with Crippen LogP contribution >= 0.6 is 0 Å². The third-order valence-electron chi connectivity index (χ3n) is 3.60. The molecule has 6 nitrogen and oxygen atoms in total. The van der Waals surface area contributed by atoms with E-state index in [1.165, 1.54) is 0 Å². The number of sulfonamides is 1. The van der Waals surface area contributed by atoms with Gasteiger partial charge < -0.3 is 10.1 Å². The molecule has 0 saturated carbocycles. The SMILES string of the molecule is COc1cccc(CCNC(=O)CN(c2ccccc2)S(C)(=O)=O)c1. The lowest BCUT2D eigenvalue weighted by atomic mass is 10.1. The van der Waals surface area contributed by atoms with Crippen molar-refractivity contribution in [1.82, 2.24) is 5.32 Å². The van der Waals surface area contributed by atoms with E-state index >= 15 is 0 Å². The number of nitrogens with one attached hydrogen (secondary N) is 1. The van der Waals surface area contributed by atoms with Crippen LogP contribution < -0.4 is 14.4 Å². The summed E-state index contributed by atoms with van der Waals surface area (Å²) in [4.78, 5) is 12.1. The monoisotopic (exact) mass is 362 g/mol. The van der Waals surface area contributed by atoms with Crippen LogP contribution in [0.1, 0.15) is 5.56 Å². The highest BCUT2D eigenvalue weighted by atomic mass is 32.2. The first-order chi connectivity index (χ1) is 11.9. The summed E-state index contributed by atoms with van der Waals surface area (Å²) < 4.78 is 30.2. The van der Waals surface area contributed by atoms with Crippen molar-refractivity contribution < 1.29 is 17.9 Å². The normalized spacial score (nSPS) is 11.0. The van der Waals surface area contributed by atoms with E-state index in [4.69, 9.17) is 4.74 Å². The highest BCUT2D eigenvalue weighted by Crippen LogP contribution is 2.16. The molecule has 7 heteroatoms. The number of carbonyl (C=O) groups excluding carboxylic acids is 1. The van der Waals surface area contributed by atoms with Gasteiger partial charge in [0.1, 0.15) is 12.3 Å². The molecule has 1 N–H and O–H groups in total. The van der Waals surface area contributed by atoms with Gasteiger partial charge in [-0.2, -0.15) is 0 Å². The molecule has 2 aromatic rings. The highest BCUT2D eigenvalue weighted by Gasteiger charge is 2.20. The van der Waals surface area contributed by atoms with Crippen LogP contribution in [0.5, 0.6) is 5.75 Å². The molecular formula is C18H22N2O4S. The van der Waals surface area contributed by atoms with Crippen molar-refractivity contribution in [3.05, 3.63) is 60.2 Å². The lowest BCUT2D eigenvalue weighted by Crippen LogP contribution is -2.40. The predicted octanol–water partition coefficient (Wildman–Crippen LogP) is 1.82. The number of anilines is 1. The molecule has 0 atom stereocenters. The quantitative estimate of drug-likeness (QED) is 0.777. The van der Waals surface area contributed by atoms with Gasteiger partial charge in [-0.25, -0.2) is 8.42 Å². The second-order valence-corrected chi connectivity index (χ2v) is 7.46. The fourth-order valence-corrected chi connectivity index (χ4v) is 3.21. The van der Waals surface area contributed by atoms with Crippen LogP contribution in [0.3, 0.4) is 0 Å². The average molecular weight is 362 g/mol. The van der Waals surface area contributed by atoms with Crippen LogP contribution in [0.15, 0.2) is 54.6 Å². The van der Waals surface area contributed by atoms with E-state index in [9.17, 15) is 13.2 Å². The molecule has 0 unspecified atom stereocenters. The number of hydrogen-bond acceptors (Lipinski definition) is 4. The van der Waals surface area contributed by atoms with Crippen molar-refractivity contribution in [2.45, 2.75) is 6.42 Å². The van der Waals surface area contributed by atoms with E-state index in [1.807, 2.05) is 24.3 Å². The third kappa shape index (κ3) is 5.79. The molecule has 0 heterocycles. The van der Waals surface area contributed by atoms with Gasteiger partial charge in [0.25, 0.3) is 0 Å². The van der Waals surface area contributed by atoms with Crippen molar-refractivity contribution in [3.8, 4) is 5.75 Å². The Morgan fingerprint density at radius 2 is 1.84 bits per heavy atom. The Morgan fingerprint density at radius 3 is 2.48 bits per heavy atom. The Kier molecular flexibility index (Phi) is 6.41. The topological polar surface area (TPSA) is 75.7 Å². The predicted molar refractivity (Wildman–Crippen MR) is 98.3 cm³/mol. The van der Waals surface area contributed by atoms with Gasteiger partial charge in [-0.15, -0.1) is 0 Å². The first kappa shape index (κ1) is 18.8. The first-order valence-electron chi connectivity index (χ1n) is 7.82. The van der Waals surface area contributed by atoms with Crippen LogP contribution in [-0.2, 0) is 21.2 Å². The average Bonchev–Trinajstić information content (AvgIpc) is 2.59. The second kappa shape index (κ2) is 8.53. The van der Waals surface area contributed by atoms with E-state index in [0.717, 1.165) is 21.9 Å². The van der Waals surface area contributed by atoms with Gasteiger partial charge in [-0.05, 0) is 36.2 Å². The molecule has 0 aliphatic rings. The Morgan fingerprint density at radius 1 is 1.12 bits per heavy atom. The van der Waals surface area contributed by atoms with E-state index < -0.39 is 10.0 Å². The summed E-state index contributed by atoms with van der Waals surface area (Å²) in [5.74, 6) is 0.410. The van der Waals surface area contributed by atoms with Crippen molar-refractivity contribution in [2.24, 2.45) is 0 Å². The van der Waals surface area contributed by atoms with Crippen LogP contribution in [0.2, 0.25) is 0 Å². The van der Waals surface area contributed by atoms with Gasteiger partial charge in [-0.3, -0.25) is 9.10 Å². The largest absolute Gasteiger partial charge is 0.497 e. The summed E-state index contributed by atoms with van der Waals surface area (Å²) in [6.07, 6.45) is 1.72. The Hall–Kier alpha value is -2.54. The molecule has 0 radical (unpaired) electrons. The lowest BCUT2D eigenvalue weighted by Gasteiger charge is -2.21. The summed E-state index contributed by atoms with van der Waals surface area (Å²) in [6, 6.07) is 16.2. The minimum atomic E-state index is -3.54. The fourth-order valence-electron chi connectivity index (χ4n) is 2.35. The van der Waals surface area contributed by atoms with Gasteiger partial charge in [0, 0.05) is 6.54 Å². The second-order valence-electron chi connectivity index (χ2n) is 5.56. The third-order valence-corrected chi connectivity index (χ3v) is 4.74. The molecule has 134 valence electrons. The van der Waals surface area contributed by atoms with E-state index in [1.54, 1.807) is 37.4 Å². The lowest BCUT2D eigenvalue weighted by molar-refractivity contribution is -0.119. The van der Waals surface area contributed by atoms with Gasteiger partial charge in [0.15, 0.2) is 0 Å². The maximum atomic E-state index is 12.1. The van der Waals surface area contributed by atoms with Gasteiger partial charge in [0.05, 0.1) is 19.1 Å². The summed E-state index contributed by atoms with van der Waals surface area (Å²) in [5, 5.41) is 2.76. The van der Waals surface area contributed by atoms with Crippen LogP contribution in [0.25, 0.3) is 0 Å². The van der Waals surface area contributed by atoms with Gasteiger partial charge in [-0.1, -0.05) is 30.3 Å². The van der Waals surface area contributed by atoms with E-state index in [0.29, 0.717) is 18.7 Å². The molecule has 0 aromatic heterocycles. The number of carbonyl (C=O) groups is 1. The number of hydrogen-bond donors (Lipinski definition) is 1. The van der Waals surface area contributed by atoms with Crippen molar-refractivity contribution in [2.75, 3.05) is 30.8 Å². The minimum Gasteiger partial charge on any atom is -0.497 e. The molecule has 0 fully saturated rings. The molecular weight excluding hydrogens is 340 g/mol. The van der Waals surface area contributed by atoms with E-state index in [2.05, 4.69) is 5.32 Å². The molecule has 2 rings (SSSR count). The van der Waals surface area contributed by atoms with Gasteiger partial charge >= 0.3 is 0 Å². The minimum absolute atomic E-state index is 0.249. The number of amides is 1. The maximum Gasteiger partial charge on any atom is 0.240 e. The highest BCUT2D eigenvalue weighted by molar-refractivity contribution is 7.92. The van der Waals surface area contributed by atoms with Crippen molar-refractivity contribution >= 4 is 21.6 Å². The molecule has 1 amide bonds. The summed E-state index contributed by atoms with van der Waals surface area (Å²) in [7, 11) is -1.94. The molecule has 25 heavy (non-hydrogen) atoms. The number of rotatable bonds is 8. The Labute approximate surface area is 148 Å². The number of ether oxygens (including phenoxy) is 1. The number of methoxy groups -OCH3 is 1. The number of benzene rings is 2. The Balaban J connectivity index is 1.93. The molecule has 0 aliphatic heterocycles. The zero-order valence-electron chi connectivity index (χ0n) is 14.3.